The predicted octanol–water partition coefficient (Wildman–Crippen LogP) is 4.07. The number of imidazole rings is 1. The van der Waals surface area contributed by atoms with Crippen molar-refractivity contribution in [1.29, 1.82) is 0 Å². The molecule has 1 amide bonds. The van der Waals surface area contributed by atoms with E-state index in [1.807, 2.05) is 6.07 Å². The van der Waals surface area contributed by atoms with Crippen molar-refractivity contribution < 1.29 is 4.79 Å². The monoisotopic (exact) mass is 370 g/mol. The molecule has 2 heterocycles. The van der Waals surface area contributed by atoms with Gasteiger partial charge in [-0.15, -0.1) is 0 Å². The van der Waals surface area contributed by atoms with Crippen LogP contribution in [-0.4, -0.2) is 35.1 Å². The average molecular weight is 371 g/mol. The van der Waals surface area contributed by atoms with Gasteiger partial charge < -0.3 is 14.8 Å². The number of amides is 1. The summed E-state index contributed by atoms with van der Waals surface area (Å²) in [6.07, 6.45) is 3.12. The fourth-order valence-corrected chi connectivity index (χ4v) is 3.73. The maximum atomic E-state index is 12.6. The van der Waals surface area contributed by atoms with Crippen LogP contribution in [0.2, 0.25) is 0 Å². The van der Waals surface area contributed by atoms with Crippen LogP contribution in [-0.2, 0) is 11.3 Å². The molecule has 27 heavy (non-hydrogen) atoms. The molecule has 5 heteroatoms. The van der Waals surface area contributed by atoms with Crippen molar-refractivity contribution in [2.45, 2.75) is 53.5 Å². The Hall–Kier alpha value is -2.04. The van der Waals surface area contributed by atoms with Crippen molar-refractivity contribution in [2.24, 2.45) is 17.8 Å². The summed E-state index contributed by atoms with van der Waals surface area (Å²) in [6.45, 7) is 12.2. The van der Waals surface area contributed by atoms with Gasteiger partial charge in [0.1, 0.15) is 0 Å². The molecule has 148 valence electrons. The lowest BCUT2D eigenvalue weighted by atomic mass is 9.97. The van der Waals surface area contributed by atoms with E-state index in [1.165, 1.54) is 5.52 Å². The topological polar surface area (TPSA) is 50.2 Å². The molecule has 1 aromatic heterocycles. The van der Waals surface area contributed by atoms with E-state index < -0.39 is 0 Å². The molecule has 1 aromatic carbocycles. The number of hydrogen-bond donors (Lipinski definition) is 1. The normalized spacial score (nSPS) is 17.9. The first-order chi connectivity index (χ1) is 13.0. The minimum atomic E-state index is 0.0517. The standard InChI is InChI=1S/C22H34N4O/c1-16(2)11-13-26-20-10-6-5-9-19(20)24-22(26)25-12-7-8-18(15-25)21(27)23-14-17(3)4/h5-6,9-10,16-18H,7-8,11-15H2,1-4H3,(H,23,27)/t18-/m1/s1. The first kappa shape index (κ1) is 19.7. The molecule has 0 spiro atoms. The number of fused-ring (bicyclic) bond motifs is 1. The number of aryl methyl sites for hydroxylation is 1. The molecule has 0 saturated carbocycles. The Morgan fingerprint density at radius 1 is 1.22 bits per heavy atom. The highest BCUT2D eigenvalue weighted by Gasteiger charge is 2.28. The Morgan fingerprint density at radius 2 is 2.00 bits per heavy atom. The summed E-state index contributed by atoms with van der Waals surface area (Å²) in [7, 11) is 0. The van der Waals surface area contributed by atoms with E-state index in [0.29, 0.717) is 11.8 Å². The van der Waals surface area contributed by atoms with Gasteiger partial charge >= 0.3 is 0 Å². The number of carbonyl (C=O) groups is 1. The summed E-state index contributed by atoms with van der Waals surface area (Å²) >= 11 is 0. The Balaban J connectivity index is 1.81. The van der Waals surface area contributed by atoms with Crippen LogP contribution in [0.25, 0.3) is 11.0 Å². The Bertz CT molecular complexity index is 765. The molecule has 1 aliphatic rings. The molecule has 1 fully saturated rings. The molecule has 0 bridgehead atoms. The lowest BCUT2D eigenvalue weighted by molar-refractivity contribution is -0.125. The number of para-hydroxylation sites is 2. The number of hydrogen-bond acceptors (Lipinski definition) is 3. The second-order valence-corrected chi connectivity index (χ2v) is 8.66. The van der Waals surface area contributed by atoms with Gasteiger partial charge in [0.25, 0.3) is 0 Å². The second kappa shape index (κ2) is 8.77. The van der Waals surface area contributed by atoms with E-state index in [1.54, 1.807) is 0 Å². The quantitative estimate of drug-likeness (QED) is 0.799. The van der Waals surface area contributed by atoms with Gasteiger partial charge in [-0.2, -0.15) is 0 Å². The lowest BCUT2D eigenvalue weighted by Gasteiger charge is -2.33. The molecule has 1 N–H and O–H groups in total. The molecule has 0 aliphatic carbocycles. The first-order valence-corrected chi connectivity index (χ1v) is 10.4. The van der Waals surface area contributed by atoms with Crippen LogP contribution in [0.15, 0.2) is 24.3 Å². The molecule has 0 unspecified atom stereocenters. The van der Waals surface area contributed by atoms with E-state index in [2.05, 4.69) is 60.7 Å². The third-order valence-corrected chi connectivity index (χ3v) is 5.32. The third-order valence-electron chi connectivity index (χ3n) is 5.32. The van der Waals surface area contributed by atoms with Gasteiger partial charge in [0.15, 0.2) is 0 Å². The van der Waals surface area contributed by atoms with Crippen LogP contribution >= 0.6 is 0 Å². The highest BCUT2D eigenvalue weighted by Crippen LogP contribution is 2.28. The summed E-state index contributed by atoms with van der Waals surface area (Å²) < 4.78 is 2.35. The number of aromatic nitrogens is 2. The summed E-state index contributed by atoms with van der Waals surface area (Å²) in [6, 6.07) is 8.37. The highest BCUT2D eigenvalue weighted by atomic mass is 16.1. The minimum absolute atomic E-state index is 0.0517. The van der Waals surface area contributed by atoms with Gasteiger partial charge in [-0.05, 0) is 43.2 Å². The van der Waals surface area contributed by atoms with Crippen LogP contribution in [0.5, 0.6) is 0 Å². The summed E-state index contributed by atoms with van der Waals surface area (Å²) in [5.41, 5.74) is 2.24. The highest BCUT2D eigenvalue weighted by molar-refractivity contribution is 5.81. The third kappa shape index (κ3) is 4.82. The zero-order valence-corrected chi connectivity index (χ0v) is 17.2. The fraction of sp³-hybridized carbons (Fsp3) is 0.636. The number of piperidine rings is 1. The maximum absolute atomic E-state index is 12.6. The van der Waals surface area contributed by atoms with E-state index in [-0.39, 0.29) is 11.8 Å². The first-order valence-electron chi connectivity index (χ1n) is 10.4. The van der Waals surface area contributed by atoms with Gasteiger partial charge in [0.05, 0.1) is 17.0 Å². The molecule has 1 atom stereocenters. The van der Waals surface area contributed by atoms with Gasteiger partial charge in [-0.1, -0.05) is 39.8 Å². The Labute approximate surface area is 163 Å². The molecule has 1 saturated heterocycles. The van der Waals surface area contributed by atoms with Gasteiger partial charge in [0.2, 0.25) is 11.9 Å². The van der Waals surface area contributed by atoms with Crippen molar-refractivity contribution in [3.8, 4) is 0 Å². The van der Waals surface area contributed by atoms with E-state index in [9.17, 15) is 4.79 Å². The fourth-order valence-electron chi connectivity index (χ4n) is 3.73. The zero-order valence-electron chi connectivity index (χ0n) is 17.2. The second-order valence-electron chi connectivity index (χ2n) is 8.66. The number of carbonyl (C=O) groups excluding carboxylic acids is 1. The lowest BCUT2D eigenvalue weighted by Crippen LogP contribution is -2.44. The van der Waals surface area contributed by atoms with Crippen LogP contribution in [0.1, 0.15) is 47.0 Å². The van der Waals surface area contributed by atoms with E-state index >= 15 is 0 Å². The van der Waals surface area contributed by atoms with E-state index in [4.69, 9.17) is 4.98 Å². The summed E-state index contributed by atoms with van der Waals surface area (Å²) in [5, 5.41) is 3.11. The van der Waals surface area contributed by atoms with Gasteiger partial charge in [-0.25, -0.2) is 4.98 Å². The van der Waals surface area contributed by atoms with Gasteiger partial charge in [0, 0.05) is 26.2 Å². The Kier molecular flexibility index (Phi) is 6.40. The largest absolute Gasteiger partial charge is 0.356 e. The smallest absolute Gasteiger partial charge is 0.224 e. The SMILES string of the molecule is CC(C)CCn1c(N2CCC[C@@H](C(=O)NCC(C)C)C2)nc2ccccc21. The average Bonchev–Trinajstić information content (AvgIpc) is 3.03. The molecular formula is C22H34N4O. The Morgan fingerprint density at radius 3 is 2.74 bits per heavy atom. The molecule has 1 aliphatic heterocycles. The maximum Gasteiger partial charge on any atom is 0.224 e. The molecule has 0 radical (unpaired) electrons. The predicted molar refractivity (Wildman–Crippen MR) is 112 cm³/mol. The number of benzene rings is 1. The van der Waals surface area contributed by atoms with Crippen LogP contribution in [0, 0.1) is 17.8 Å². The summed E-state index contributed by atoms with van der Waals surface area (Å²) in [5.74, 6) is 2.40. The molecule has 2 aromatic rings. The van der Waals surface area contributed by atoms with Crippen molar-refractivity contribution >= 4 is 22.9 Å². The van der Waals surface area contributed by atoms with Crippen LogP contribution in [0.3, 0.4) is 0 Å². The van der Waals surface area contributed by atoms with E-state index in [0.717, 1.165) is 56.9 Å². The van der Waals surface area contributed by atoms with Crippen LogP contribution in [0.4, 0.5) is 5.95 Å². The van der Waals surface area contributed by atoms with Crippen molar-refractivity contribution in [1.82, 2.24) is 14.9 Å². The van der Waals surface area contributed by atoms with Gasteiger partial charge in [-0.3, -0.25) is 4.79 Å². The van der Waals surface area contributed by atoms with Crippen molar-refractivity contribution in [2.75, 3.05) is 24.5 Å². The molecule has 5 nitrogen and oxygen atoms in total. The summed E-state index contributed by atoms with van der Waals surface area (Å²) in [4.78, 5) is 19.8. The zero-order chi connectivity index (χ0) is 19.4. The van der Waals surface area contributed by atoms with Crippen molar-refractivity contribution in [3.63, 3.8) is 0 Å². The molecular weight excluding hydrogens is 336 g/mol. The minimum Gasteiger partial charge on any atom is -0.356 e. The van der Waals surface area contributed by atoms with Crippen molar-refractivity contribution in [3.05, 3.63) is 24.3 Å². The number of nitrogens with one attached hydrogen (secondary N) is 1. The number of nitrogens with zero attached hydrogens (tertiary/aromatic N) is 3. The molecule has 3 rings (SSSR count). The number of anilines is 1. The number of rotatable bonds is 7. The van der Waals surface area contributed by atoms with Crippen LogP contribution < -0.4 is 10.2 Å².